The number of ketones is 2. The summed E-state index contributed by atoms with van der Waals surface area (Å²) in [6, 6.07) is 67.4. The van der Waals surface area contributed by atoms with E-state index < -0.39 is 10.8 Å². The Morgan fingerprint density at radius 1 is 0.346 bits per heavy atom. The Labute approximate surface area is 806 Å². The average Bonchev–Trinajstić information content (AvgIpc) is 1.50. The van der Waals surface area contributed by atoms with Gasteiger partial charge in [0.05, 0.1) is 53.9 Å². The van der Waals surface area contributed by atoms with Gasteiger partial charge in [0, 0.05) is 62.7 Å². The average molecular weight is 1870 g/mol. The summed E-state index contributed by atoms with van der Waals surface area (Å²) >= 11 is 33.5. The number of benzene rings is 7. The van der Waals surface area contributed by atoms with Crippen molar-refractivity contribution >= 4 is 127 Å². The molecular weight excluding hydrogens is 1760 g/mol. The van der Waals surface area contributed by atoms with Crippen molar-refractivity contribution in [3.63, 3.8) is 0 Å². The number of thiophene rings is 4. The number of carbonyl (C=O) groups excluding carboxylic acids is 2. The number of allylic oxidation sites excluding steroid dienone is 6. The van der Waals surface area contributed by atoms with Gasteiger partial charge < -0.3 is 9.47 Å². The van der Waals surface area contributed by atoms with Gasteiger partial charge in [-0.25, -0.2) is 0 Å². The molecule has 16 heteroatoms. The van der Waals surface area contributed by atoms with Gasteiger partial charge in [-0.15, -0.1) is 45.3 Å². The molecule has 15 rings (SSSR count). The molecule has 0 spiro atoms. The molecule has 0 fully saturated rings. The molecule has 2 unspecified atom stereocenters. The molecule has 0 radical (unpaired) electrons. The molecule has 0 saturated carbocycles. The van der Waals surface area contributed by atoms with Gasteiger partial charge in [-0.2, -0.15) is 21.0 Å². The first-order valence-electron chi connectivity index (χ1n) is 47.4. The molecule has 7 aromatic carbocycles. The lowest BCUT2D eigenvalue weighted by Crippen LogP contribution is -2.30. The Morgan fingerprint density at radius 3 is 0.931 bits per heavy atom. The van der Waals surface area contributed by atoms with E-state index in [-0.39, 0.29) is 88.1 Å². The summed E-state index contributed by atoms with van der Waals surface area (Å²) in [5.74, 6) is 1.24. The number of unbranched alkanes of at least 4 members (excludes halogenated alkanes) is 14. The van der Waals surface area contributed by atoms with Gasteiger partial charge >= 0.3 is 0 Å². The van der Waals surface area contributed by atoms with Crippen molar-refractivity contribution in [2.24, 2.45) is 11.8 Å². The molecule has 4 heterocycles. The van der Waals surface area contributed by atoms with Crippen LogP contribution < -0.4 is 9.47 Å². The SMILES string of the molecule is CCCCCCc1ccc(C2(c3ccc(CCCCCC)cc3)c3cc4c(cc3-c3sc(-c5sc(/C=C6\C(=O)c7cc(Cl)c(Cl)cc7C6=C(C#N)C#N)cc5OCC(CC)CCCC)cc32)C(c2ccc(CCCCCC)cc2)(c2ccc(CCCCCC)cc2)c2cc(-c3sc(/C=C5\C(=O)c6cc(Cl)c(Cl)cc6C5=C(C#N)C#N)cc3OCC(CC)CCCC)sc2-4)cc1. The molecule has 0 aliphatic heterocycles. The Morgan fingerprint density at radius 2 is 0.646 bits per heavy atom. The minimum Gasteiger partial charge on any atom is -0.492 e. The van der Waals surface area contributed by atoms with Crippen molar-refractivity contribution in [3.8, 4) is 76.2 Å². The van der Waals surface area contributed by atoms with Crippen LogP contribution in [0.4, 0.5) is 0 Å². The third-order valence-electron chi connectivity index (χ3n) is 27.2. The van der Waals surface area contributed by atoms with Crippen molar-refractivity contribution in [1.82, 2.24) is 0 Å². The number of nitriles is 4. The number of hydrogen-bond donors (Lipinski definition) is 0. The molecule has 4 aliphatic carbocycles. The molecule has 0 N–H and O–H groups in total. The van der Waals surface area contributed by atoms with E-state index in [4.69, 9.17) is 55.9 Å². The summed E-state index contributed by atoms with van der Waals surface area (Å²) in [6.07, 6.45) is 34.1. The third-order valence-corrected chi connectivity index (χ3v) is 33.4. The van der Waals surface area contributed by atoms with Gasteiger partial charge in [-0.05, 0) is 238 Å². The van der Waals surface area contributed by atoms with Gasteiger partial charge in [-0.3, -0.25) is 9.59 Å². The summed E-state index contributed by atoms with van der Waals surface area (Å²) < 4.78 is 14.6. The number of halogens is 4. The van der Waals surface area contributed by atoms with Gasteiger partial charge in [0.15, 0.2) is 11.6 Å². The fourth-order valence-electron chi connectivity index (χ4n) is 19.9. The summed E-state index contributed by atoms with van der Waals surface area (Å²) in [4.78, 5) is 37.6. The fraction of sp³-hybridized carbons (Fsp3) is 0.368. The number of rotatable bonds is 42. The van der Waals surface area contributed by atoms with Crippen molar-refractivity contribution in [1.29, 1.82) is 21.0 Å². The van der Waals surface area contributed by atoms with Crippen LogP contribution in [-0.4, -0.2) is 24.8 Å². The number of ether oxygens (including phenoxy) is 2. The van der Waals surface area contributed by atoms with Crippen molar-refractivity contribution < 1.29 is 19.1 Å². The lowest BCUT2D eigenvalue weighted by molar-refractivity contribution is 0.103. The predicted octanol–water partition coefficient (Wildman–Crippen LogP) is 34.4. The molecule has 666 valence electrons. The first kappa shape index (κ1) is 95.0. The Balaban J connectivity index is 1.03. The lowest BCUT2D eigenvalue weighted by Gasteiger charge is -2.35. The first-order chi connectivity index (χ1) is 63.4. The van der Waals surface area contributed by atoms with E-state index >= 15 is 9.59 Å². The molecule has 0 amide bonds. The van der Waals surface area contributed by atoms with E-state index in [0.717, 1.165) is 238 Å². The minimum absolute atomic E-state index is 0.198. The molecule has 130 heavy (non-hydrogen) atoms. The predicted molar refractivity (Wildman–Crippen MR) is 546 cm³/mol. The van der Waals surface area contributed by atoms with E-state index in [1.807, 2.05) is 12.2 Å². The Hall–Kier alpha value is -9.64. The quantitative estimate of drug-likeness (QED) is 0.0209. The van der Waals surface area contributed by atoms with Gasteiger partial charge in [0.1, 0.15) is 46.9 Å². The Bertz CT molecular complexity index is 5810. The van der Waals surface area contributed by atoms with Crippen LogP contribution in [0.2, 0.25) is 20.1 Å². The van der Waals surface area contributed by atoms with Crippen LogP contribution in [0, 0.1) is 57.2 Å². The van der Waals surface area contributed by atoms with E-state index in [0.29, 0.717) is 35.8 Å². The molecule has 11 aromatic rings. The van der Waals surface area contributed by atoms with Gasteiger partial charge in [-0.1, -0.05) is 314 Å². The van der Waals surface area contributed by atoms with Crippen LogP contribution in [-0.2, 0) is 36.5 Å². The minimum atomic E-state index is -0.922. The third kappa shape index (κ3) is 19.1. The van der Waals surface area contributed by atoms with Crippen LogP contribution in [0.1, 0.15) is 318 Å². The fourth-order valence-corrected chi connectivity index (χ4v) is 25.3. The van der Waals surface area contributed by atoms with Gasteiger partial charge in [0.2, 0.25) is 0 Å². The molecule has 0 bridgehead atoms. The van der Waals surface area contributed by atoms with Crippen molar-refractivity contribution in [2.75, 3.05) is 13.2 Å². The number of nitrogens with zero attached hydrogens (tertiary/aromatic N) is 4. The molecule has 0 saturated heterocycles. The highest BCUT2D eigenvalue weighted by molar-refractivity contribution is 7.25. The zero-order valence-electron chi connectivity index (χ0n) is 76.1. The molecule has 8 nitrogen and oxygen atoms in total. The number of Topliss-reactive ketones (excluding diaryl/α,β-unsaturated/α-hetero) is 2. The van der Waals surface area contributed by atoms with Crippen LogP contribution in [0.15, 0.2) is 180 Å². The highest BCUT2D eigenvalue weighted by Crippen LogP contribution is 2.67. The monoisotopic (exact) mass is 1870 g/mol. The normalized spacial score (nSPS) is 14.7. The highest BCUT2D eigenvalue weighted by Gasteiger charge is 2.54. The smallest absolute Gasteiger partial charge is 0.194 e. The molecular formula is C114H114Cl4N4O4S4. The first-order valence-corrected chi connectivity index (χ1v) is 52.2. The number of aryl methyl sites for hydroxylation is 4. The van der Waals surface area contributed by atoms with Crippen molar-refractivity contribution in [2.45, 2.75) is 246 Å². The molecule has 4 aliphatic rings. The second-order valence-corrected chi connectivity index (χ2v) is 41.6. The lowest BCUT2D eigenvalue weighted by atomic mass is 9.65. The highest BCUT2D eigenvalue weighted by atomic mass is 35.5. The van der Waals surface area contributed by atoms with E-state index in [2.05, 4.69) is 213 Å². The molecule has 2 atom stereocenters. The summed E-state index contributed by atoms with van der Waals surface area (Å²) in [7, 11) is 0. The van der Waals surface area contributed by atoms with Crippen LogP contribution in [0.5, 0.6) is 11.5 Å². The maximum absolute atomic E-state index is 15.0. The maximum atomic E-state index is 15.0. The van der Waals surface area contributed by atoms with Crippen LogP contribution in [0.3, 0.4) is 0 Å². The maximum Gasteiger partial charge on any atom is 0.194 e. The second kappa shape index (κ2) is 43.4. The van der Waals surface area contributed by atoms with E-state index in [9.17, 15) is 21.0 Å². The second-order valence-electron chi connectivity index (χ2n) is 35.7. The summed E-state index contributed by atoms with van der Waals surface area (Å²) in [6.45, 7) is 19.0. The summed E-state index contributed by atoms with van der Waals surface area (Å²) in [5, 5.41) is 43.4. The van der Waals surface area contributed by atoms with E-state index in [1.54, 1.807) is 69.6 Å². The largest absolute Gasteiger partial charge is 0.492 e. The van der Waals surface area contributed by atoms with Crippen molar-refractivity contribution in [3.05, 3.63) is 299 Å². The van der Waals surface area contributed by atoms with Crippen LogP contribution >= 0.6 is 91.8 Å². The number of carbonyl (C=O) groups is 2. The number of hydrogen-bond acceptors (Lipinski definition) is 12. The van der Waals surface area contributed by atoms with E-state index in [1.165, 1.54) is 59.1 Å². The standard InChI is InChI=1S/C114H114Cl4N4O4S4/c1-9-17-23-27-33-73-37-45-79(46-38-73)113(80-47-39-74(40-48-80)34-28-24-18-10-2)93-57-90-94(58-89(93)109-95(113)63-103(129-109)111-101(125-69-71(15-7)31-21-13-5)55-83(127-111)53-91-105(77(65-119)66-120)85-59-97(115)99(117)61-87(85)107(91)123)114(81-49-41-75(42-50-81)35-29-25-19-11-3,82-51-43-76(44-52-82)36-30-26-20-12-4)96-64-104(130-110(90)96)112-102(126-70-72(16-8)32-22-14-6)56-84(128-112)54-92-106(78(67-121)68-122)86-60-98(116)100(118)62-88(86)108(92)124/h37-64,71-72H,9-36,69-70H2,1-8H3/b91-53-,92-54-. The zero-order valence-corrected chi connectivity index (χ0v) is 82.4. The topological polar surface area (TPSA) is 148 Å². The Kier molecular flexibility index (Phi) is 31.7. The molecule has 4 aromatic heterocycles. The van der Waals surface area contributed by atoms with Crippen LogP contribution in [0.25, 0.3) is 63.7 Å². The number of fused-ring (bicyclic) bond motifs is 8. The zero-order chi connectivity index (χ0) is 91.3. The van der Waals surface area contributed by atoms with Gasteiger partial charge in [0.25, 0.3) is 0 Å². The summed E-state index contributed by atoms with van der Waals surface area (Å²) in [5.41, 5.74) is 16.7.